The second kappa shape index (κ2) is 10.4. The monoisotopic (exact) mass is 514 g/mol. The van der Waals surface area contributed by atoms with E-state index in [4.69, 9.17) is 9.47 Å². The van der Waals surface area contributed by atoms with Crippen molar-refractivity contribution in [3.05, 3.63) is 69.7 Å². The Bertz CT molecular complexity index is 1320. The number of benzene rings is 2. The Labute approximate surface area is 210 Å². The number of aryl methyl sites for hydroxylation is 3. The van der Waals surface area contributed by atoms with Crippen LogP contribution in [0.1, 0.15) is 59.3 Å². The number of esters is 1. The second-order valence-electron chi connectivity index (χ2n) is 8.72. The predicted molar refractivity (Wildman–Crippen MR) is 137 cm³/mol. The molecule has 0 amide bonds. The van der Waals surface area contributed by atoms with E-state index in [1.165, 1.54) is 23.2 Å². The molecule has 1 atom stereocenters. The van der Waals surface area contributed by atoms with Crippen LogP contribution in [0.25, 0.3) is 0 Å². The lowest BCUT2D eigenvalue weighted by atomic mass is 10.1. The SMILES string of the molecule is CCC(C)N(c1cc2c(cc1OCc1ccc(C(=O)OC)cc1C)CCC2)S(=O)(=O)c1nccs1. The van der Waals surface area contributed by atoms with Crippen molar-refractivity contribution < 1.29 is 22.7 Å². The molecule has 0 aliphatic heterocycles. The van der Waals surface area contributed by atoms with E-state index >= 15 is 0 Å². The van der Waals surface area contributed by atoms with Gasteiger partial charge in [0.2, 0.25) is 4.34 Å². The maximum Gasteiger partial charge on any atom is 0.337 e. The number of nitrogens with zero attached hydrogens (tertiary/aromatic N) is 2. The van der Waals surface area contributed by atoms with Crippen LogP contribution in [0.2, 0.25) is 0 Å². The number of rotatable bonds is 9. The van der Waals surface area contributed by atoms with Crippen molar-refractivity contribution in [2.75, 3.05) is 11.4 Å². The first-order valence-electron chi connectivity index (χ1n) is 11.7. The number of ether oxygens (including phenoxy) is 2. The van der Waals surface area contributed by atoms with Crippen LogP contribution in [0.5, 0.6) is 5.75 Å². The molecule has 1 aliphatic rings. The fourth-order valence-electron chi connectivity index (χ4n) is 4.33. The summed E-state index contributed by atoms with van der Waals surface area (Å²) < 4.78 is 40.0. The molecular formula is C26H30N2O5S2. The predicted octanol–water partition coefficient (Wildman–Crippen LogP) is 5.30. The highest BCUT2D eigenvalue weighted by Crippen LogP contribution is 2.40. The topological polar surface area (TPSA) is 85.8 Å². The molecule has 4 rings (SSSR count). The molecule has 0 bridgehead atoms. The molecule has 186 valence electrons. The molecule has 0 radical (unpaired) electrons. The van der Waals surface area contributed by atoms with Crippen molar-refractivity contribution in [1.82, 2.24) is 4.98 Å². The summed E-state index contributed by atoms with van der Waals surface area (Å²) in [6.45, 7) is 6.02. The number of carbonyl (C=O) groups is 1. The lowest BCUT2D eigenvalue weighted by Gasteiger charge is -2.31. The van der Waals surface area contributed by atoms with Crippen molar-refractivity contribution >= 4 is 33.0 Å². The lowest BCUT2D eigenvalue weighted by molar-refractivity contribution is 0.0600. The standard InChI is InChI=1S/C26H30N2O5S2/c1-5-18(3)28(35(30,31)26-27-11-12-34-26)23-14-19-7-6-8-20(19)15-24(23)33-16-22-10-9-21(13-17(22)2)25(29)32-4/h9-15,18H,5-8,16H2,1-4H3. The first-order valence-corrected chi connectivity index (χ1v) is 14.0. The molecule has 3 aromatic rings. The number of methoxy groups -OCH3 is 1. The number of aromatic nitrogens is 1. The summed E-state index contributed by atoms with van der Waals surface area (Å²) in [5.41, 5.74) is 5.17. The maximum absolute atomic E-state index is 13.7. The molecule has 0 fully saturated rings. The Morgan fingerprint density at radius 2 is 1.94 bits per heavy atom. The van der Waals surface area contributed by atoms with Gasteiger partial charge in [0, 0.05) is 17.6 Å². The molecular weight excluding hydrogens is 484 g/mol. The van der Waals surface area contributed by atoms with Gasteiger partial charge in [-0.05, 0) is 86.1 Å². The van der Waals surface area contributed by atoms with Gasteiger partial charge < -0.3 is 9.47 Å². The minimum Gasteiger partial charge on any atom is -0.487 e. The normalized spacial score (nSPS) is 13.8. The highest BCUT2D eigenvalue weighted by atomic mass is 32.2. The smallest absolute Gasteiger partial charge is 0.337 e. The first-order chi connectivity index (χ1) is 16.8. The number of fused-ring (bicyclic) bond motifs is 1. The molecule has 0 saturated heterocycles. The van der Waals surface area contributed by atoms with Crippen molar-refractivity contribution in [3.8, 4) is 5.75 Å². The fourth-order valence-corrected chi connectivity index (χ4v) is 6.97. The largest absolute Gasteiger partial charge is 0.487 e. The molecule has 35 heavy (non-hydrogen) atoms. The Hall–Kier alpha value is -2.91. The van der Waals surface area contributed by atoms with Gasteiger partial charge in [-0.25, -0.2) is 9.78 Å². The molecule has 1 heterocycles. The second-order valence-corrected chi connectivity index (χ2v) is 11.6. The summed E-state index contributed by atoms with van der Waals surface area (Å²) in [6.07, 6.45) is 5.04. The van der Waals surface area contributed by atoms with E-state index in [0.29, 0.717) is 23.4 Å². The van der Waals surface area contributed by atoms with Crippen LogP contribution >= 0.6 is 11.3 Å². The van der Waals surface area contributed by atoms with Crippen molar-refractivity contribution in [3.63, 3.8) is 0 Å². The summed E-state index contributed by atoms with van der Waals surface area (Å²) in [5.74, 6) is 0.139. The average Bonchev–Trinajstić information content (AvgIpc) is 3.55. The van der Waals surface area contributed by atoms with Crippen molar-refractivity contribution in [1.29, 1.82) is 0 Å². The molecule has 0 spiro atoms. The lowest BCUT2D eigenvalue weighted by Crippen LogP contribution is -2.38. The van der Waals surface area contributed by atoms with Crippen LogP contribution in [-0.2, 0) is 34.2 Å². The summed E-state index contributed by atoms with van der Waals surface area (Å²) in [6, 6.07) is 9.00. The van der Waals surface area contributed by atoms with Crippen LogP contribution in [0, 0.1) is 6.92 Å². The van der Waals surface area contributed by atoms with E-state index in [9.17, 15) is 13.2 Å². The van der Waals surface area contributed by atoms with E-state index in [1.807, 2.05) is 39.0 Å². The third-order valence-electron chi connectivity index (χ3n) is 6.44. The van der Waals surface area contributed by atoms with Crippen molar-refractivity contribution in [2.24, 2.45) is 0 Å². The third-order valence-corrected chi connectivity index (χ3v) is 9.54. The highest BCUT2D eigenvalue weighted by Gasteiger charge is 2.34. The average molecular weight is 515 g/mol. The maximum atomic E-state index is 13.7. The van der Waals surface area contributed by atoms with Gasteiger partial charge in [-0.15, -0.1) is 11.3 Å². The van der Waals surface area contributed by atoms with E-state index in [-0.39, 0.29) is 17.0 Å². The molecule has 1 aromatic heterocycles. The molecule has 1 unspecified atom stereocenters. The number of hydrogen-bond acceptors (Lipinski definition) is 7. The van der Waals surface area contributed by atoms with Gasteiger partial charge in [0.05, 0.1) is 18.4 Å². The van der Waals surface area contributed by atoms with Crippen LogP contribution in [0.3, 0.4) is 0 Å². The van der Waals surface area contributed by atoms with Gasteiger partial charge in [-0.3, -0.25) is 4.31 Å². The zero-order valence-electron chi connectivity index (χ0n) is 20.4. The Kier molecular flexibility index (Phi) is 7.47. The van der Waals surface area contributed by atoms with Crippen LogP contribution in [0.4, 0.5) is 5.69 Å². The minimum atomic E-state index is -3.86. The Morgan fingerprint density at radius 3 is 2.57 bits per heavy atom. The number of thiazole rings is 1. The Balaban J connectivity index is 1.74. The van der Waals surface area contributed by atoms with Gasteiger partial charge >= 0.3 is 5.97 Å². The first kappa shape index (κ1) is 25.2. The van der Waals surface area contributed by atoms with Crippen LogP contribution in [0.15, 0.2) is 46.2 Å². The molecule has 1 aliphatic carbocycles. The molecule has 7 nitrogen and oxygen atoms in total. The molecule has 2 aromatic carbocycles. The van der Waals surface area contributed by atoms with Crippen LogP contribution in [-0.4, -0.2) is 32.5 Å². The molecule has 9 heteroatoms. The van der Waals surface area contributed by atoms with E-state index in [0.717, 1.165) is 47.3 Å². The summed E-state index contributed by atoms with van der Waals surface area (Å²) in [5, 5.41) is 1.67. The zero-order chi connectivity index (χ0) is 25.2. The third kappa shape index (κ3) is 5.06. The molecule has 0 N–H and O–H groups in total. The van der Waals surface area contributed by atoms with E-state index < -0.39 is 16.0 Å². The van der Waals surface area contributed by atoms with E-state index in [2.05, 4.69) is 4.98 Å². The minimum absolute atomic E-state index is 0.0680. The highest BCUT2D eigenvalue weighted by molar-refractivity contribution is 7.94. The number of anilines is 1. The number of hydrogen-bond donors (Lipinski definition) is 0. The number of carbonyl (C=O) groups excluding carboxylic acids is 1. The van der Waals surface area contributed by atoms with Gasteiger partial charge in [0.1, 0.15) is 12.4 Å². The van der Waals surface area contributed by atoms with Crippen molar-refractivity contribution in [2.45, 2.75) is 63.4 Å². The summed E-state index contributed by atoms with van der Waals surface area (Å²) in [4.78, 5) is 15.9. The zero-order valence-corrected chi connectivity index (χ0v) is 22.0. The summed E-state index contributed by atoms with van der Waals surface area (Å²) >= 11 is 1.11. The van der Waals surface area contributed by atoms with Gasteiger partial charge in [-0.2, -0.15) is 8.42 Å². The van der Waals surface area contributed by atoms with Gasteiger partial charge in [0.25, 0.3) is 10.0 Å². The van der Waals surface area contributed by atoms with E-state index in [1.54, 1.807) is 17.5 Å². The summed E-state index contributed by atoms with van der Waals surface area (Å²) in [7, 11) is -2.51. The quantitative estimate of drug-likeness (QED) is 0.360. The molecule has 0 saturated carbocycles. The number of sulfonamides is 1. The fraction of sp³-hybridized carbons (Fsp3) is 0.385. The van der Waals surface area contributed by atoms with Gasteiger partial charge in [0.15, 0.2) is 0 Å². The van der Waals surface area contributed by atoms with Crippen LogP contribution < -0.4 is 9.04 Å². The van der Waals surface area contributed by atoms with Gasteiger partial charge in [-0.1, -0.05) is 13.0 Å². The Morgan fingerprint density at radius 1 is 1.20 bits per heavy atom.